The van der Waals surface area contributed by atoms with Gasteiger partial charge in [0.15, 0.2) is 0 Å². The summed E-state index contributed by atoms with van der Waals surface area (Å²) in [5, 5.41) is 4.04. The molecule has 2 rings (SSSR count). The van der Waals surface area contributed by atoms with Crippen molar-refractivity contribution in [2.45, 2.75) is 40.0 Å². The van der Waals surface area contributed by atoms with Gasteiger partial charge in [-0.3, -0.25) is 9.48 Å². The van der Waals surface area contributed by atoms with E-state index in [0.29, 0.717) is 0 Å². The van der Waals surface area contributed by atoms with Gasteiger partial charge in [-0.2, -0.15) is 5.10 Å². The molecule has 10 heteroatoms. The monoisotopic (exact) mass is 486 g/mol. The third-order valence-electron chi connectivity index (χ3n) is 4.04. The number of carbonyl (C=O) groups is 2. The molecule has 7 nitrogen and oxygen atoms in total. The maximum atomic E-state index is 13.0. The van der Waals surface area contributed by atoms with Crippen molar-refractivity contribution in [3.63, 3.8) is 0 Å². The van der Waals surface area contributed by atoms with Gasteiger partial charge in [0, 0.05) is 18.7 Å². The second kappa shape index (κ2) is 11.8. The summed E-state index contributed by atoms with van der Waals surface area (Å²) in [4.78, 5) is 37.1. The molecule has 0 N–H and O–H groups in total. The van der Waals surface area contributed by atoms with Crippen LogP contribution >= 0.6 is 23.2 Å². The van der Waals surface area contributed by atoms with Crippen molar-refractivity contribution >= 4 is 35.1 Å². The summed E-state index contributed by atoms with van der Waals surface area (Å²) >= 11 is 12.3. The number of hydrogen-bond donors (Lipinski definition) is 0. The zero-order valence-electron chi connectivity index (χ0n) is 18.5. The van der Waals surface area contributed by atoms with Crippen LogP contribution in [0.15, 0.2) is 35.6 Å². The van der Waals surface area contributed by atoms with Crippen molar-refractivity contribution in [3.8, 4) is 11.3 Å². The topological polar surface area (TPSA) is 87.5 Å². The molecule has 1 aromatic carbocycles. The maximum absolute atomic E-state index is 13.0. The summed E-state index contributed by atoms with van der Waals surface area (Å²) in [7, 11) is 1.47. The first-order valence-corrected chi connectivity index (χ1v) is 10.4. The molecule has 0 fully saturated rings. The molecule has 1 heterocycles. The molecule has 1 aromatic heterocycles. The second-order valence-corrected chi connectivity index (χ2v) is 7.52. The lowest BCUT2D eigenvalue weighted by Crippen LogP contribution is -2.39. The van der Waals surface area contributed by atoms with Gasteiger partial charge in [0.2, 0.25) is 11.0 Å². The Morgan fingerprint density at radius 2 is 1.84 bits per heavy atom. The predicted molar refractivity (Wildman–Crippen MR) is 122 cm³/mol. The molecule has 0 bridgehead atoms. The molecule has 174 valence electrons. The van der Waals surface area contributed by atoms with Crippen LogP contribution in [-0.4, -0.2) is 33.9 Å². The van der Waals surface area contributed by atoms with E-state index in [1.165, 1.54) is 43.8 Å². The fourth-order valence-corrected chi connectivity index (χ4v) is 2.96. The van der Waals surface area contributed by atoms with Gasteiger partial charge < -0.3 is 9.47 Å². The SMILES string of the molecule is C=CCOC(=O)C(C)(C)OC(=O)c1cc(-c2nn(C)c(CF)cc2=O)c(Cl)cc1Cl.CC. The summed E-state index contributed by atoms with van der Waals surface area (Å²) in [6, 6.07) is 3.57. The summed E-state index contributed by atoms with van der Waals surface area (Å²) < 4.78 is 24.3. The molecule has 0 atom stereocenters. The van der Waals surface area contributed by atoms with Crippen LogP contribution in [0.25, 0.3) is 11.3 Å². The highest BCUT2D eigenvalue weighted by Gasteiger charge is 2.35. The van der Waals surface area contributed by atoms with E-state index in [1.54, 1.807) is 0 Å². The number of ether oxygens (including phenoxy) is 2. The highest BCUT2D eigenvalue weighted by Crippen LogP contribution is 2.32. The van der Waals surface area contributed by atoms with Gasteiger partial charge >= 0.3 is 11.9 Å². The fraction of sp³-hybridized carbons (Fsp3) is 0.364. The van der Waals surface area contributed by atoms with Crippen molar-refractivity contribution in [2.24, 2.45) is 7.05 Å². The molecule has 0 amide bonds. The van der Waals surface area contributed by atoms with E-state index < -0.39 is 29.6 Å². The lowest BCUT2D eigenvalue weighted by Gasteiger charge is -2.23. The standard InChI is InChI=1S/C20H19Cl2FN2O5.C2H6/c1-5-6-29-19(28)20(2,3)30-18(27)13-8-12(14(21)9-15(13)22)17-16(26)7-11(10-23)25(4)24-17;1-2/h5,7-9H,1,6,10H2,2-4H3;1-2H3. The Morgan fingerprint density at radius 3 is 2.41 bits per heavy atom. The minimum absolute atomic E-state index is 0.0461. The van der Waals surface area contributed by atoms with Crippen LogP contribution in [0.4, 0.5) is 4.39 Å². The molecule has 0 aliphatic carbocycles. The van der Waals surface area contributed by atoms with Gasteiger partial charge in [0.05, 0.1) is 21.3 Å². The van der Waals surface area contributed by atoms with E-state index >= 15 is 0 Å². The molecular formula is C22H25Cl2FN2O5. The first-order chi connectivity index (χ1) is 15.0. The Hall–Kier alpha value is -2.71. The largest absolute Gasteiger partial charge is 0.459 e. The molecule has 0 spiro atoms. The maximum Gasteiger partial charge on any atom is 0.350 e. The minimum Gasteiger partial charge on any atom is -0.459 e. The zero-order chi connectivity index (χ0) is 24.6. The van der Waals surface area contributed by atoms with Crippen molar-refractivity contribution in [2.75, 3.05) is 6.61 Å². The number of esters is 2. The Labute approximate surface area is 195 Å². The highest BCUT2D eigenvalue weighted by atomic mass is 35.5. The van der Waals surface area contributed by atoms with Crippen LogP contribution in [0.1, 0.15) is 43.7 Å². The summed E-state index contributed by atoms with van der Waals surface area (Å²) in [5.41, 5.74) is -2.26. The van der Waals surface area contributed by atoms with E-state index in [0.717, 1.165) is 6.07 Å². The number of nitrogens with zero attached hydrogens (tertiary/aromatic N) is 2. The Balaban J connectivity index is 0.00000249. The van der Waals surface area contributed by atoms with Gasteiger partial charge in [0.1, 0.15) is 19.0 Å². The third-order valence-corrected chi connectivity index (χ3v) is 4.66. The quantitative estimate of drug-likeness (QED) is 0.407. The lowest BCUT2D eigenvalue weighted by atomic mass is 10.1. The molecule has 0 saturated carbocycles. The van der Waals surface area contributed by atoms with Crippen molar-refractivity contribution in [3.05, 3.63) is 62.4 Å². The molecule has 32 heavy (non-hydrogen) atoms. The average molecular weight is 487 g/mol. The number of alkyl halides is 1. The van der Waals surface area contributed by atoms with Gasteiger partial charge in [-0.15, -0.1) is 0 Å². The number of hydrogen-bond acceptors (Lipinski definition) is 6. The molecule has 0 radical (unpaired) electrons. The smallest absolute Gasteiger partial charge is 0.350 e. The van der Waals surface area contributed by atoms with Gasteiger partial charge in [-0.05, 0) is 26.0 Å². The Kier molecular flexibility index (Phi) is 10.1. The van der Waals surface area contributed by atoms with Crippen molar-refractivity contribution in [1.82, 2.24) is 9.78 Å². The average Bonchev–Trinajstić information content (AvgIpc) is 2.74. The third kappa shape index (κ3) is 6.40. The number of halogens is 3. The predicted octanol–water partition coefficient (Wildman–Crippen LogP) is 4.91. The van der Waals surface area contributed by atoms with E-state index in [1.807, 2.05) is 13.8 Å². The van der Waals surface area contributed by atoms with Gasteiger partial charge in [-0.1, -0.05) is 49.7 Å². The van der Waals surface area contributed by atoms with Crippen LogP contribution in [0.2, 0.25) is 10.0 Å². The van der Waals surface area contributed by atoms with E-state index in [-0.39, 0.29) is 39.2 Å². The summed E-state index contributed by atoms with van der Waals surface area (Å²) in [6.45, 7) is 9.23. The zero-order valence-corrected chi connectivity index (χ0v) is 20.0. The molecule has 0 saturated heterocycles. The number of benzene rings is 1. The van der Waals surface area contributed by atoms with Gasteiger partial charge in [-0.25, -0.2) is 14.0 Å². The van der Waals surface area contributed by atoms with E-state index in [4.69, 9.17) is 32.7 Å². The number of rotatable bonds is 7. The van der Waals surface area contributed by atoms with Crippen LogP contribution < -0.4 is 5.43 Å². The minimum atomic E-state index is -1.61. The van der Waals surface area contributed by atoms with Crippen molar-refractivity contribution in [1.29, 1.82) is 0 Å². The highest BCUT2D eigenvalue weighted by molar-refractivity contribution is 6.38. The van der Waals surface area contributed by atoms with Crippen LogP contribution in [0, 0.1) is 0 Å². The normalized spacial score (nSPS) is 10.6. The molecular weight excluding hydrogens is 462 g/mol. The number of aryl methyl sites for hydroxylation is 1. The van der Waals surface area contributed by atoms with Crippen LogP contribution in [0.5, 0.6) is 0 Å². The summed E-state index contributed by atoms with van der Waals surface area (Å²) in [6.07, 6.45) is 1.37. The molecule has 0 aliphatic rings. The van der Waals surface area contributed by atoms with Crippen molar-refractivity contribution < 1.29 is 23.5 Å². The molecule has 0 aliphatic heterocycles. The number of aromatic nitrogens is 2. The summed E-state index contributed by atoms with van der Waals surface area (Å²) in [5.74, 6) is -1.71. The van der Waals surface area contributed by atoms with E-state index in [2.05, 4.69) is 11.7 Å². The first kappa shape index (κ1) is 27.3. The second-order valence-electron chi connectivity index (χ2n) is 6.70. The first-order valence-electron chi connectivity index (χ1n) is 9.66. The Bertz CT molecular complexity index is 1070. The van der Waals surface area contributed by atoms with E-state index in [9.17, 15) is 18.8 Å². The fourth-order valence-electron chi connectivity index (χ4n) is 2.41. The molecule has 2 aromatic rings. The van der Waals surface area contributed by atoms with Crippen LogP contribution in [-0.2, 0) is 28.0 Å². The lowest BCUT2D eigenvalue weighted by molar-refractivity contribution is -0.161. The molecule has 0 unspecified atom stereocenters. The van der Waals surface area contributed by atoms with Crippen LogP contribution in [0.3, 0.4) is 0 Å². The Morgan fingerprint density at radius 1 is 1.22 bits per heavy atom. The number of carbonyl (C=O) groups excluding carboxylic acids is 2. The van der Waals surface area contributed by atoms with Gasteiger partial charge in [0.25, 0.3) is 0 Å².